The lowest BCUT2D eigenvalue weighted by Crippen LogP contribution is -2.55. The minimum absolute atomic E-state index is 0.0515. The number of rotatable bonds is 3. The molecule has 0 unspecified atom stereocenters. The Morgan fingerprint density at radius 2 is 2.00 bits per heavy atom. The summed E-state index contributed by atoms with van der Waals surface area (Å²) in [7, 11) is 4.13. The van der Waals surface area contributed by atoms with Gasteiger partial charge in [0.05, 0.1) is 6.54 Å². The second-order valence-electron chi connectivity index (χ2n) is 7.07. The average molecular weight is 319 g/mol. The van der Waals surface area contributed by atoms with Crippen molar-refractivity contribution in [2.24, 2.45) is 7.05 Å². The van der Waals surface area contributed by atoms with Crippen LogP contribution >= 0.6 is 0 Å². The van der Waals surface area contributed by atoms with Gasteiger partial charge in [0.2, 0.25) is 5.91 Å². The van der Waals surface area contributed by atoms with Crippen LogP contribution in [0.3, 0.4) is 0 Å². The molecular weight excluding hydrogens is 290 g/mol. The van der Waals surface area contributed by atoms with Crippen molar-refractivity contribution < 1.29 is 4.79 Å². The first-order valence-corrected chi connectivity index (χ1v) is 8.79. The molecule has 6 nitrogen and oxygen atoms in total. The molecule has 0 bridgehead atoms. The van der Waals surface area contributed by atoms with Crippen molar-refractivity contribution in [3.63, 3.8) is 0 Å². The summed E-state index contributed by atoms with van der Waals surface area (Å²) in [4.78, 5) is 17.3. The molecule has 2 aliphatic heterocycles. The number of aryl methyl sites for hydroxylation is 2. The first-order chi connectivity index (χ1) is 11.0. The fraction of sp³-hybridized carbons (Fsp3) is 0.765. The van der Waals surface area contributed by atoms with Crippen LogP contribution < -0.4 is 5.32 Å². The van der Waals surface area contributed by atoms with Gasteiger partial charge in [-0.3, -0.25) is 14.4 Å². The number of aromatic nitrogens is 2. The molecule has 0 spiro atoms. The van der Waals surface area contributed by atoms with E-state index >= 15 is 0 Å². The van der Waals surface area contributed by atoms with E-state index in [1.54, 1.807) is 4.68 Å². The van der Waals surface area contributed by atoms with Crippen LogP contribution in [0.2, 0.25) is 0 Å². The van der Waals surface area contributed by atoms with E-state index in [9.17, 15) is 4.79 Å². The van der Waals surface area contributed by atoms with Crippen LogP contribution in [0.5, 0.6) is 0 Å². The molecule has 0 radical (unpaired) electrons. The van der Waals surface area contributed by atoms with Gasteiger partial charge in [-0.15, -0.1) is 0 Å². The maximum Gasteiger partial charge on any atom is 0.239 e. The highest BCUT2D eigenvalue weighted by atomic mass is 16.2. The summed E-state index contributed by atoms with van der Waals surface area (Å²) in [6.07, 6.45) is 6.20. The minimum atomic E-state index is 0.0515. The summed E-state index contributed by atoms with van der Waals surface area (Å²) in [6.45, 7) is 4.68. The zero-order valence-electron chi connectivity index (χ0n) is 14.6. The van der Waals surface area contributed by atoms with Gasteiger partial charge in [-0.2, -0.15) is 5.10 Å². The normalized spacial score (nSPS) is 26.6. The number of nitrogens with zero attached hydrogens (tertiary/aromatic N) is 4. The van der Waals surface area contributed by atoms with Crippen LogP contribution in [0.1, 0.15) is 37.8 Å². The summed E-state index contributed by atoms with van der Waals surface area (Å²) >= 11 is 0. The third-order valence-electron chi connectivity index (χ3n) is 5.41. The Morgan fingerprint density at radius 3 is 2.74 bits per heavy atom. The number of fused-ring (bicyclic) bond motifs is 1. The van der Waals surface area contributed by atoms with E-state index in [0.717, 1.165) is 12.2 Å². The summed E-state index contributed by atoms with van der Waals surface area (Å²) in [5.41, 5.74) is 1.05. The van der Waals surface area contributed by atoms with E-state index in [4.69, 9.17) is 0 Å². The Balaban J connectivity index is 1.62. The number of carbonyl (C=O) groups excluding carboxylic acids is 1. The molecule has 2 aliphatic rings. The van der Waals surface area contributed by atoms with Gasteiger partial charge in [0.25, 0.3) is 0 Å². The van der Waals surface area contributed by atoms with E-state index in [2.05, 4.69) is 27.3 Å². The first-order valence-electron chi connectivity index (χ1n) is 8.79. The smallest absolute Gasteiger partial charge is 0.239 e. The Labute approximate surface area is 138 Å². The van der Waals surface area contributed by atoms with E-state index in [0.29, 0.717) is 24.4 Å². The first kappa shape index (κ1) is 16.5. The van der Waals surface area contributed by atoms with Crippen molar-refractivity contribution >= 4 is 11.7 Å². The van der Waals surface area contributed by atoms with Crippen LogP contribution in [0.15, 0.2) is 6.07 Å². The van der Waals surface area contributed by atoms with Gasteiger partial charge < -0.3 is 10.2 Å². The number of amides is 1. The van der Waals surface area contributed by atoms with Gasteiger partial charge in [0.15, 0.2) is 5.82 Å². The third kappa shape index (κ3) is 3.75. The van der Waals surface area contributed by atoms with E-state index in [1.165, 1.54) is 38.6 Å². The Bertz CT molecular complexity index is 536. The van der Waals surface area contributed by atoms with Gasteiger partial charge in [-0.05, 0) is 52.7 Å². The maximum atomic E-state index is 12.4. The highest BCUT2D eigenvalue weighted by Gasteiger charge is 2.35. The number of piperidine rings is 1. The lowest BCUT2D eigenvalue weighted by Gasteiger charge is -2.43. The zero-order chi connectivity index (χ0) is 16.4. The van der Waals surface area contributed by atoms with Crippen molar-refractivity contribution in [3.05, 3.63) is 11.8 Å². The fourth-order valence-electron chi connectivity index (χ4n) is 4.06. The maximum absolute atomic E-state index is 12.4. The minimum Gasteiger partial charge on any atom is -0.308 e. The van der Waals surface area contributed by atoms with Crippen molar-refractivity contribution in [3.8, 4) is 0 Å². The predicted octanol–water partition coefficient (Wildman–Crippen LogP) is 1.62. The van der Waals surface area contributed by atoms with Crippen LogP contribution in [-0.4, -0.2) is 64.3 Å². The van der Waals surface area contributed by atoms with Gasteiger partial charge in [-0.1, -0.05) is 6.42 Å². The number of likely N-dealkylation sites (tertiary alicyclic amines) is 2. The Hall–Kier alpha value is -1.40. The van der Waals surface area contributed by atoms with Crippen LogP contribution in [0.4, 0.5) is 5.82 Å². The lowest BCUT2D eigenvalue weighted by molar-refractivity contribution is -0.118. The number of anilines is 1. The van der Waals surface area contributed by atoms with Crippen LogP contribution in [-0.2, 0) is 11.8 Å². The van der Waals surface area contributed by atoms with Crippen molar-refractivity contribution in [2.45, 2.75) is 51.1 Å². The average Bonchev–Trinajstić information content (AvgIpc) is 2.70. The number of hydrogen-bond acceptors (Lipinski definition) is 4. The summed E-state index contributed by atoms with van der Waals surface area (Å²) in [5, 5.41) is 7.26. The third-order valence-corrected chi connectivity index (χ3v) is 5.41. The molecule has 0 aliphatic carbocycles. The zero-order valence-corrected chi connectivity index (χ0v) is 14.6. The van der Waals surface area contributed by atoms with E-state index < -0.39 is 0 Å². The summed E-state index contributed by atoms with van der Waals surface area (Å²) in [6, 6.07) is 3.04. The highest BCUT2D eigenvalue weighted by molar-refractivity contribution is 5.91. The lowest BCUT2D eigenvalue weighted by atomic mass is 9.92. The highest BCUT2D eigenvalue weighted by Crippen LogP contribution is 2.28. The summed E-state index contributed by atoms with van der Waals surface area (Å²) < 4.78 is 1.78. The monoisotopic (exact) mass is 319 g/mol. The number of likely N-dealkylation sites (N-methyl/N-ethyl adjacent to an activating group) is 1. The predicted molar refractivity (Wildman–Crippen MR) is 91.4 cm³/mol. The molecule has 1 N–H and O–H groups in total. The van der Waals surface area contributed by atoms with Gasteiger partial charge in [0, 0.05) is 30.9 Å². The number of carbonyl (C=O) groups is 1. The molecule has 2 atom stereocenters. The Morgan fingerprint density at radius 1 is 1.22 bits per heavy atom. The molecule has 3 rings (SSSR count). The molecule has 2 saturated heterocycles. The molecule has 1 aromatic rings. The summed E-state index contributed by atoms with van der Waals surface area (Å²) in [5.74, 6) is 0.706. The van der Waals surface area contributed by atoms with Crippen molar-refractivity contribution in [1.82, 2.24) is 19.6 Å². The number of hydrogen-bond donors (Lipinski definition) is 1. The van der Waals surface area contributed by atoms with Crippen LogP contribution in [0.25, 0.3) is 0 Å². The quantitative estimate of drug-likeness (QED) is 0.920. The molecule has 0 aromatic carbocycles. The van der Waals surface area contributed by atoms with Crippen molar-refractivity contribution in [2.75, 3.05) is 32.0 Å². The second kappa shape index (κ2) is 7.01. The van der Waals surface area contributed by atoms with E-state index in [1.807, 2.05) is 20.0 Å². The number of nitrogens with one attached hydrogen (secondary N) is 1. The molecule has 128 valence electrons. The largest absolute Gasteiger partial charge is 0.308 e. The molecule has 3 heterocycles. The molecule has 23 heavy (non-hydrogen) atoms. The molecule has 1 amide bonds. The van der Waals surface area contributed by atoms with Crippen LogP contribution in [0, 0.1) is 6.92 Å². The van der Waals surface area contributed by atoms with E-state index in [-0.39, 0.29) is 5.91 Å². The molecule has 0 saturated carbocycles. The molecule has 6 heteroatoms. The SMILES string of the molecule is Cc1cc(NC(=O)CN2CCC[C@@H]3[C@H]2CCCCN3C)nn1C. The van der Waals surface area contributed by atoms with Crippen molar-refractivity contribution in [1.29, 1.82) is 0 Å². The van der Waals surface area contributed by atoms with Gasteiger partial charge in [-0.25, -0.2) is 0 Å². The molecular formula is C17H29N5O. The van der Waals surface area contributed by atoms with Gasteiger partial charge >= 0.3 is 0 Å². The molecule has 2 fully saturated rings. The topological polar surface area (TPSA) is 53.4 Å². The fourth-order valence-corrected chi connectivity index (χ4v) is 4.06. The Kier molecular flexibility index (Phi) is 5.02. The standard InChI is InChI=1S/C17H29N5O/c1-13-11-16(19-21(13)3)18-17(23)12-22-10-6-8-14-15(22)7-4-5-9-20(14)2/h11,14-15H,4-10,12H2,1-3H3,(H,18,19,23)/t14-,15-/m1/s1. The molecule has 1 aromatic heterocycles. The van der Waals surface area contributed by atoms with Gasteiger partial charge in [0.1, 0.15) is 0 Å². The second-order valence-corrected chi connectivity index (χ2v) is 7.07.